The highest BCUT2D eigenvalue weighted by molar-refractivity contribution is 5.67. The van der Waals surface area contributed by atoms with Gasteiger partial charge in [0.05, 0.1) is 6.42 Å². The summed E-state index contributed by atoms with van der Waals surface area (Å²) in [5.41, 5.74) is 2.44. The highest BCUT2D eigenvalue weighted by atomic mass is 16.4. The van der Waals surface area contributed by atoms with Crippen LogP contribution in [0.3, 0.4) is 0 Å². The van der Waals surface area contributed by atoms with E-state index in [4.69, 9.17) is 5.11 Å². The highest BCUT2D eigenvalue weighted by Crippen LogP contribution is 2.17. The van der Waals surface area contributed by atoms with Crippen LogP contribution in [0.15, 0.2) is 24.3 Å². The second-order valence-electron chi connectivity index (χ2n) is 5.33. The second-order valence-corrected chi connectivity index (χ2v) is 5.33. The number of aliphatic carboxylic acids is 1. The van der Waals surface area contributed by atoms with Gasteiger partial charge < -0.3 is 10.0 Å². The molecular formula is C16H25NO2. The minimum Gasteiger partial charge on any atom is -0.481 e. The molecule has 0 saturated heterocycles. The van der Waals surface area contributed by atoms with Gasteiger partial charge in [0, 0.05) is 18.8 Å². The van der Waals surface area contributed by atoms with E-state index in [-0.39, 0.29) is 6.42 Å². The van der Waals surface area contributed by atoms with Gasteiger partial charge in [-0.1, -0.05) is 32.9 Å². The molecule has 0 aromatic heterocycles. The van der Waals surface area contributed by atoms with Gasteiger partial charge in [0.1, 0.15) is 0 Å². The molecule has 0 fully saturated rings. The Labute approximate surface area is 116 Å². The monoisotopic (exact) mass is 263 g/mol. The van der Waals surface area contributed by atoms with E-state index in [2.05, 4.69) is 49.9 Å². The molecule has 3 nitrogen and oxygen atoms in total. The van der Waals surface area contributed by atoms with E-state index in [0.717, 1.165) is 25.1 Å². The van der Waals surface area contributed by atoms with Gasteiger partial charge in [0.2, 0.25) is 0 Å². The Morgan fingerprint density at radius 1 is 1.21 bits per heavy atom. The van der Waals surface area contributed by atoms with E-state index in [1.54, 1.807) is 0 Å². The van der Waals surface area contributed by atoms with Crippen molar-refractivity contribution in [2.24, 2.45) is 5.92 Å². The number of carbonyl (C=O) groups is 1. The van der Waals surface area contributed by atoms with E-state index in [1.165, 1.54) is 5.56 Å². The topological polar surface area (TPSA) is 40.5 Å². The van der Waals surface area contributed by atoms with Crippen LogP contribution in [0.5, 0.6) is 0 Å². The average molecular weight is 263 g/mol. The first-order valence-electron chi connectivity index (χ1n) is 7.08. The van der Waals surface area contributed by atoms with Crippen molar-refractivity contribution in [1.29, 1.82) is 0 Å². The highest BCUT2D eigenvalue weighted by Gasteiger charge is 2.09. The minimum atomic E-state index is -0.736. The minimum absolute atomic E-state index is 0.188. The molecule has 0 saturated carbocycles. The molecule has 1 rings (SSSR count). The van der Waals surface area contributed by atoms with Crippen molar-refractivity contribution in [2.45, 2.75) is 40.0 Å². The summed E-state index contributed by atoms with van der Waals surface area (Å²) in [7, 11) is 0. The van der Waals surface area contributed by atoms with Crippen molar-refractivity contribution in [3.8, 4) is 0 Å². The van der Waals surface area contributed by atoms with Crippen molar-refractivity contribution in [3.63, 3.8) is 0 Å². The summed E-state index contributed by atoms with van der Waals surface area (Å²) < 4.78 is 0. The Morgan fingerprint density at radius 3 is 2.32 bits per heavy atom. The first-order valence-corrected chi connectivity index (χ1v) is 7.08. The summed E-state index contributed by atoms with van der Waals surface area (Å²) in [6.07, 6.45) is 2.30. The van der Waals surface area contributed by atoms with Crippen molar-refractivity contribution in [2.75, 3.05) is 18.0 Å². The van der Waals surface area contributed by atoms with Gasteiger partial charge in [-0.15, -0.1) is 0 Å². The molecule has 0 aliphatic heterocycles. The SMILES string of the molecule is CCc1ccc(N(CCC(=O)O)CCC(C)C)cc1. The largest absolute Gasteiger partial charge is 0.481 e. The molecule has 106 valence electrons. The summed E-state index contributed by atoms with van der Waals surface area (Å²) in [6, 6.07) is 8.44. The second kappa shape index (κ2) is 7.82. The van der Waals surface area contributed by atoms with E-state index in [9.17, 15) is 4.79 Å². The number of carboxylic acid groups (broad SMARTS) is 1. The number of anilines is 1. The molecule has 0 spiro atoms. The fourth-order valence-electron chi connectivity index (χ4n) is 1.96. The van der Waals surface area contributed by atoms with Crippen LogP contribution >= 0.6 is 0 Å². The molecule has 0 amide bonds. The van der Waals surface area contributed by atoms with Crippen LogP contribution in [-0.4, -0.2) is 24.2 Å². The Morgan fingerprint density at radius 2 is 1.84 bits per heavy atom. The Kier molecular flexibility index (Phi) is 6.40. The molecule has 0 unspecified atom stereocenters. The summed E-state index contributed by atoms with van der Waals surface area (Å²) in [6.45, 7) is 8.00. The van der Waals surface area contributed by atoms with Crippen molar-refractivity contribution in [1.82, 2.24) is 0 Å². The summed E-state index contributed by atoms with van der Waals surface area (Å²) in [5, 5.41) is 8.84. The van der Waals surface area contributed by atoms with E-state index in [1.807, 2.05) is 0 Å². The predicted molar refractivity (Wildman–Crippen MR) is 79.7 cm³/mol. The van der Waals surface area contributed by atoms with Gasteiger partial charge in [-0.05, 0) is 36.5 Å². The Balaban J connectivity index is 2.71. The lowest BCUT2D eigenvalue weighted by atomic mass is 10.1. The number of hydrogen-bond donors (Lipinski definition) is 1. The molecule has 0 radical (unpaired) electrons. The van der Waals surface area contributed by atoms with Crippen LogP contribution in [-0.2, 0) is 11.2 Å². The van der Waals surface area contributed by atoms with Crippen LogP contribution in [0.2, 0.25) is 0 Å². The number of rotatable bonds is 8. The quantitative estimate of drug-likeness (QED) is 0.779. The third-order valence-electron chi connectivity index (χ3n) is 3.28. The lowest BCUT2D eigenvalue weighted by Gasteiger charge is -2.25. The number of benzene rings is 1. The van der Waals surface area contributed by atoms with Crippen molar-refractivity contribution in [3.05, 3.63) is 29.8 Å². The van der Waals surface area contributed by atoms with Gasteiger partial charge in [-0.25, -0.2) is 0 Å². The normalized spacial score (nSPS) is 10.7. The maximum absolute atomic E-state index is 10.7. The summed E-state index contributed by atoms with van der Waals surface area (Å²) >= 11 is 0. The molecular weight excluding hydrogens is 238 g/mol. The lowest BCUT2D eigenvalue weighted by molar-refractivity contribution is -0.136. The number of hydrogen-bond acceptors (Lipinski definition) is 2. The smallest absolute Gasteiger partial charge is 0.305 e. The molecule has 0 bridgehead atoms. The van der Waals surface area contributed by atoms with Gasteiger partial charge in [-0.2, -0.15) is 0 Å². The van der Waals surface area contributed by atoms with Gasteiger partial charge in [0.25, 0.3) is 0 Å². The fraction of sp³-hybridized carbons (Fsp3) is 0.562. The first-order chi connectivity index (χ1) is 9.02. The zero-order valence-corrected chi connectivity index (χ0v) is 12.2. The lowest BCUT2D eigenvalue weighted by Crippen LogP contribution is -2.28. The molecule has 1 N–H and O–H groups in total. The standard InChI is InChI=1S/C16H25NO2/c1-4-14-5-7-15(8-6-14)17(11-9-13(2)3)12-10-16(18)19/h5-8,13H,4,9-12H2,1-3H3,(H,18,19). The Bertz CT molecular complexity index is 384. The van der Waals surface area contributed by atoms with Crippen LogP contribution in [0, 0.1) is 5.92 Å². The molecule has 1 aromatic rings. The zero-order valence-electron chi connectivity index (χ0n) is 12.2. The number of aryl methyl sites for hydroxylation is 1. The van der Waals surface area contributed by atoms with E-state index < -0.39 is 5.97 Å². The molecule has 19 heavy (non-hydrogen) atoms. The maximum Gasteiger partial charge on any atom is 0.305 e. The predicted octanol–water partition coefficient (Wildman–Crippen LogP) is 3.58. The van der Waals surface area contributed by atoms with Crippen molar-refractivity contribution < 1.29 is 9.90 Å². The summed E-state index contributed by atoms with van der Waals surface area (Å²) in [4.78, 5) is 12.9. The zero-order chi connectivity index (χ0) is 14.3. The fourth-order valence-corrected chi connectivity index (χ4v) is 1.96. The third kappa shape index (κ3) is 5.77. The first kappa shape index (κ1) is 15.5. The number of nitrogens with zero attached hydrogens (tertiary/aromatic N) is 1. The molecule has 0 aliphatic carbocycles. The van der Waals surface area contributed by atoms with Crippen LogP contribution in [0.4, 0.5) is 5.69 Å². The molecule has 0 atom stereocenters. The van der Waals surface area contributed by atoms with Crippen molar-refractivity contribution >= 4 is 11.7 Å². The third-order valence-corrected chi connectivity index (χ3v) is 3.28. The molecule has 1 aromatic carbocycles. The molecule has 3 heteroatoms. The van der Waals surface area contributed by atoms with E-state index in [0.29, 0.717) is 12.5 Å². The molecule has 0 aliphatic rings. The maximum atomic E-state index is 10.7. The van der Waals surface area contributed by atoms with E-state index >= 15 is 0 Å². The van der Waals surface area contributed by atoms with Crippen LogP contribution in [0.1, 0.15) is 39.2 Å². The summed E-state index contributed by atoms with van der Waals surface area (Å²) in [5.74, 6) is -0.109. The van der Waals surface area contributed by atoms with Crippen LogP contribution < -0.4 is 4.90 Å². The van der Waals surface area contributed by atoms with Gasteiger partial charge in [0.15, 0.2) is 0 Å². The number of carboxylic acids is 1. The average Bonchev–Trinajstić information content (AvgIpc) is 2.38. The Hall–Kier alpha value is -1.51. The van der Waals surface area contributed by atoms with Gasteiger partial charge >= 0.3 is 5.97 Å². The van der Waals surface area contributed by atoms with Gasteiger partial charge in [-0.3, -0.25) is 4.79 Å². The van der Waals surface area contributed by atoms with Crippen LogP contribution in [0.25, 0.3) is 0 Å². The molecule has 0 heterocycles.